The molecule has 1 aromatic heterocycles. The highest BCUT2D eigenvalue weighted by molar-refractivity contribution is 7.22. The second-order valence-corrected chi connectivity index (χ2v) is 7.36. The van der Waals surface area contributed by atoms with Gasteiger partial charge in [0, 0.05) is 31.9 Å². The van der Waals surface area contributed by atoms with Crippen LogP contribution in [-0.2, 0) is 0 Å². The van der Waals surface area contributed by atoms with Gasteiger partial charge in [-0.1, -0.05) is 11.3 Å². The normalized spacial score (nSPS) is 19.7. The number of thiazole rings is 1. The minimum atomic E-state index is 0.658. The standard InChI is InChI=1S/C16H24N4S/c1-11(2)20-7-6-12(10-20)9-19(3)16-18-14-5-4-13(17)8-15(14)21-16/h4-5,8,11-12H,6-7,9-10,17H2,1-3H3. The fourth-order valence-electron chi connectivity index (χ4n) is 3.04. The van der Waals surface area contributed by atoms with Gasteiger partial charge in [0.15, 0.2) is 5.13 Å². The molecule has 0 amide bonds. The van der Waals surface area contributed by atoms with E-state index in [0.29, 0.717) is 6.04 Å². The molecule has 1 fully saturated rings. The molecule has 1 saturated heterocycles. The highest BCUT2D eigenvalue weighted by atomic mass is 32.1. The van der Waals surface area contributed by atoms with Gasteiger partial charge in [0.25, 0.3) is 0 Å². The molecule has 0 bridgehead atoms. The number of likely N-dealkylation sites (tertiary alicyclic amines) is 1. The quantitative estimate of drug-likeness (QED) is 0.882. The molecule has 5 heteroatoms. The zero-order chi connectivity index (χ0) is 15.0. The predicted octanol–water partition coefficient (Wildman–Crippen LogP) is 3.05. The van der Waals surface area contributed by atoms with E-state index in [1.807, 2.05) is 18.2 Å². The van der Waals surface area contributed by atoms with Crippen LogP contribution in [0.4, 0.5) is 10.8 Å². The first-order chi connectivity index (χ1) is 10.0. The number of nitrogen functional groups attached to an aromatic ring is 1. The summed E-state index contributed by atoms with van der Waals surface area (Å²) in [5.74, 6) is 0.745. The Morgan fingerprint density at radius 1 is 1.48 bits per heavy atom. The highest BCUT2D eigenvalue weighted by Crippen LogP contribution is 2.30. The first-order valence-electron chi connectivity index (χ1n) is 7.64. The fraction of sp³-hybridized carbons (Fsp3) is 0.562. The van der Waals surface area contributed by atoms with Crippen molar-refractivity contribution in [3.63, 3.8) is 0 Å². The van der Waals surface area contributed by atoms with Crippen LogP contribution in [-0.4, -0.2) is 42.6 Å². The number of aromatic nitrogens is 1. The van der Waals surface area contributed by atoms with Crippen molar-refractivity contribution < 1.29 is 0 Å². The Balaban J connectivity index is 1.68. The number of nitrogens with zero attached hydrogens (tertiary/aromatic N) is 3. The predicted molar refractivity (Wildman–Crippen MR) is 92.1 cm³/mol. The zero-order valence-corrected chi connectivity index (χ0v) is 13.9. The van der Waals surface area contributed by atoms with Gasteiger partial charge >= 0.3 is 0 Å². The summed E-state index contributed by atoms with van der Waals surface area (Å²) in [4.78, 5) is 9.59. The van der Waals surface area contributed by atoms with Crippen LogP contribution in [0.1, 0.15) is 20.3 Å². The topological polar surface area (TPSA) is 45.4 Å². The summed E-state index contributed by atoms with van der Waals surface area (Å²) in [6.07, 6.45) is 1.29. The van der Waals surface area contributed by atoms with E-state index in [0.717, 1.165) is 28.8 Å². The van der Waals surface area contributed by atoms with Gasteiger partial charge in [0.2, 0.25) is 0 Å². The van der Waals surface area contributed by atoms with Gasteiger partial charge in [0.05, 0.1) is 10.2 Å². The molecule has 114 valence electrons. The van der Waals surface area contributed by atoms with Crippen LogP contribution in [0.15, 0.2) is 18.2 Å². The lowest BCUT2D eigenvalue weighted by Crippen LogP contribution is -2.31. The molecule has 0 saturated carbocycles. The Hall–Kier alpha value is -1.33. The largest absolute Gasteiger partial charge is 0.399 e. The van der Waals surface area contributed by atoms with Gasteiger partial charge in [0.1, 0.15) is 0 Å². The van der Waals surface area contributed by atoms with E-state index >= 15 is 0 Å². The minimum absolute atomic E-state index is 0.658. The fourth-order valence-corrected chi connectivity index (χ4v) is 4.02. The van der Waals surface area contributed by atoms with Crippen molar-refractivity contribution in [2.45, 2.75) is 26.3 Å². The Morgan fingerprint density at radius 2 is 2.29 bits per heavy atom. The van der Waals surface area contributed by atoms with Crippen LogP contribution in [0.3, 0.4) is 0 Å². The van der Waals surface area contributed by atoms with E-state index < -0.39 is 0 Å². The van der Waals surface area contributed by atoms with Crippen LogP contribution in [0.2, 0.25) is 0 Å². The van der Waals surface area contributed by atoms with Gasteiger partial charge in [-0.2, -0.15) is 0 Å². The maximum Gasteiger partial charge on any atom is 0.186 e. The summed E-state index contributed by atoms with van der Waals surface area (Å²) >= 11 is 1.73. The van der Waals surface area contributed by atoms with Gasteiger partial charge in [-0.3, -0.25) is 0 Å². The highest BCUT2D eigenvalue weighted by Gasteiger charge is 2.25. The SMILES string of the molecule is CC(C)N1CCC(CN(C)c2nc3ccc(N)cc3s2)C1. The van der Waals surface area contributed by atoms with Crippen LogP contribution in [0, 0.1) is 5.92 Å². The molecule has 2 heterocycles. The molecule has 1 aliphatic rings. The Labute approximate surface area is 130 Å². The number of benzene rings is 1. The molecule has 1 unspecified atom stereocenters. The van der Waals surface area contributed by atoms with Crippen LogP contribution in [0.5, 0.6) is 0 Å². The molecule has 4 nitrogen and oxygen atoms in total. The van der Waals surface area contributed by atoms with Gasteiger partial charge in [-0.25, -0.2) is 4.98 Å². The summed E-state index contributed by atoms with van der Waals surface area (Å²) in [7, 11) is 2.15. The lowest BCUT2D eigenvalue weighted by Gasteiger charge is -2.23. The second-order valence-electron chi connectivity index (χ2n) is 6.35. The summed E-state index contributed by atoms with van der Waals surface area (Å²) in [6.45, 7) is 8.08. The Bertz CT molecular complexity index is 622. The average molecular weight is 304 g/mol. The first-order valence-corrected chi connectivity index (χ1v) is 8.46. The lowest BCUT2D eigenvalue weighted by atomic mass is 10.1. The summed E-state index contributed by atoms with van der Waals surface area (Å²) in [5.41, 5.74) is 7.70. The van der Waals surface area contributed by atoms with E-state index in [1.165, 1.54) is 24.2 Å². The van der Waals surface area contributed by atoms with E-state index in [-0.39, 0.29) is 0 Å². The number of anilines is 2. The van der Waals surface area contributed by atoms with Crippen molar-refractivity contribution in [3.05, 3.63) is 18.2 Å². The van der Waals surface area contributed by atoms with E-state index in [4.69, 9.17) is 10.7 Å². The molecule has 0 spiro atoms. The van der Waals surface area contributed by atoms with Crippen molar-refractivity contribution in [1.82, 2.24) is 9.88 Å². The van der Waals surface area contributed by atoms with Crippen molar-refractivity contribution in [2.75, 3.05) is 37.3 Å². The molecular weight excluding hydrogens is 280 g/mol. The monoisotopic (exact) mass is 304 g/mol. The number of fused-ring (bicyclic) bond motifs is 1. The maximum absolute atomic E-state index is 5.84. The molecular formula is C16H24N4S. The lowest BCUT2D eigenvalue weighted by molar-refractivity contribution is 0.266. The van der Waals surface area contributed by atoms with Crippen LogP contribution in [0.25, 0.3) is 10.2 Å². The molecule has 2 N–H and O–H groups in total. The molecule has 1 atom stereocenters. The van der Waals surface area contributed by atoms with E-state index in [9.17, 15) is 0 Å². The number of rotatable bonds is 4. The zero-order valence-electron chi connectivity index (χ0n) is 13.0. The number of hydrogen-bond donors (Lipinski definition) is 1. The van der Waals surface area contributed by atoms with Crippen molar-refractivity contribution in [3.8, 4) is 0 Å². The summed E-state index contributed by atoms with van der Waals surface area (Å²) in [5, 5.41) is 1.10. The van der Waals surface area contributed by atoms with Crippen molar-refractivity contribution in [2.24, 2.45) is 5.92 Å². The Kier molecular flexibility index (Phi) is 4.04. The molecule has 1 aromatic carbocycles. The van der Waals surface area contributed by atoms with Crippen LogP contribution >= 0.6 is 11.3 Å². The minimum Gasteiger partial charge on any atom is -0.399 e. The maximum atomic E-state index is 5.84. The second kappa shape index (κ2) is 5.81. The van der Waals surface area contributed by atoms with Crippen molar-refractivity contribution >= 4 is 32.4 Å². The first kappa shape index (κ1) is 14.6. The number of hydrogen-bond acceptors (Lipinski definition) is 5. The van der Waals surface area contributed by atoms with Gasteiger partial charge in [-0.15, -0.1) is 0 Å². The molecule has 1 aliphatic heterocycles. The molecule has 0 aliphatic carbocycles. The Morgan fingerprint density at radius 3 is 3.00 bits per heavy atom. The molecule has 0 radical (unpaired) electrons. The molecule has 2 aromatic rings. The summed E-state index contributed by atoms with van der Waals surface area (Å²) < 4.78 is 1.17. The third-order valence-electron chi connectivity index (χ3n) is 4.31. The van der Waals surface area contributed by atoms with Gasteiger partial charge < -0.3 is 15.5 Å². The molecule has 21 heavy (non-hydrogen) atoms. The average Bonchev–Trinajstić information content (AvgIpc) is 3.04. The van der Waals surface area contributed by atoms with Gasteiger partial charge in [-0.05, 0) is 50.9 Å². The van der Waals surface area contributed by atoms with Crippen molar-refractivity contribution in [1.29, 1.82) is 0 Å². The number of nitrogens with two attached hydrogens (primary N) is 1. The van der Waals surface area contributed by atoms with Crippen LogP contribution < -0.4 is 10.6 Å². The van der Waals surface area contributed by atoms with E-state index in [2.05, 4.69) is 30.7 Å². The third kappa shape index (κ3) is 3.14. The summed E-state index contributed by atoms with van der Waals surface area (Å²) in [6, 6.07) is 6.60. The van der Waals surface area contributed by atoms with E-state index in [1.54, 1.807) is 11.3 Å². The third-order valence-corrected chi connectivity index (χ3v) is 5.44. The molecule has 3 rings (SSSR count). The smallest absolute Gasteiger partial charge is 0.186 e.